The third kappa shape index (κ3) is 3.74. The van der Waals surface area contributed by atoms with Crippen molar-refractivity contribution < 1.29 is 19.4 Å². The molecule has 0 fully saturated rings. The molecule has 0 aliphatic rings. The van der Waals surface area contributed by atoms with E-state index in [4.69, 9.17) is 9.47 Å². The number of methoxy groups -OCH3 is 2. The van der Waals surface area contributed by atoms with E-state index in [1.54, 1.807) is 37.4 Å². The van der Waals surface area contributed by atoms with Crippen molar-refractivity contribution in [2.45, 2.75) is 6.10 Å². The summed E-state index contributed by atoms with van der Waals surface area (Å²) in [5.41, 5.74) is 0.573. The summed E-state index contributed by atoms with van der Waals surface area (Å²) < 4.78 is 10.4. The van der Waals surface area contributed by atoms with Crippen LogP contribution in [-0.2, 0) is 0 Å². The lowest BCUT2D eigenvalue weighted by Crippen LogP contribution is -2.27. The highest BCUT2D eigenvalue weighted by Crippen LogP contribution is 2.29. The van der Waals surface area contributed by atoms with Gasteiger partial charge in [-0.15, -0.1) is 11.3 Å². The van der Waals surface area contributed by atoms with E-state index in [2.05, 4.69) is 5.32 Å². The van der Waals surface area contributed by atoms with Crippen LogP contribution in [0.5, 0.6) is 11.5 Å². The molecule has 2 aromatic rings. The summed E-state index contributed by atoms with van der Waals surface area (Å²) in [5, 5.41) is 14.8. The number of carbonyl (C=O) groups excluding carboxylic acids is 1. The fraction of sp³-hybridized carbons (Fsp3) is 0.267. The van der Waals surface area contributed by atoms with Crippen LogP contribution in [0.3, 0.4) is 0 Å². The van der Waals surface area contributed by atoms with E-state index in [0.29, 0.717) is 21.9 Å². The van der Waals surface area contributed by atoms with Crippen molar-refractivity contribution in [2.75, 3.05) is 20.8 Å². The van der Waals surface area contributed by atoms with E-state index in [1.807, 2.05) is 5.38 Å². The highest BCUT2D eigenvalue weighted by molar-refractivity contribution is 7.12. The van der Waals surface area contributed by atoms with Gasteiger partial charge >= 0.3 is 0 Å². The van der Waals surface area contributed by atoms with Gasteiger partial charge in [0.2, 0.25) is 0 Å². The number of benzene rings is 1. The van der Waals surface area contributed by atoms with Crippen LogP contribution in [0.15, 0.2) is 35.7 Å². The average molecular weight is 307 g/mol. The lowest BCUT2D eigenvalue weighted by Gasteiger charge is -2.16. The van der Waals surface area contributed by atoms with Crippen LogP contribution in [0.1, 0.15) is 21.3 Å². The number of hydrogen-bond acceptors (Lipinski definition) is 5. The Morgan fingerprint density at radius 2 is 2.14 bits per heavy atom. The molecule has 1 aromatic carbocycles. The zero-order chi connectivity index (χ0) is 15.2. The van der Waals surface area contributed by atoms with Gasteiger partial charge in [-0.05, 0) is 29.6 Å². The first-order valence-electron chi connectivity index (χ1n) is 6.37. The molecule has 2 N–H and O–H groups in total. The molecule has 0 unspecified atom stereocenters. The Balaban J connectivity index is 2.05. The van der Waals surface area contributed by atoms with Crippen molar-refractivity contribution >= 4 is 17.2 Å². The molecule has 1 heterocycles. The second kappa shape index (κ2) is 7.10. The van der Waals surface area contributed by atoms with E-state index in [1.165, 1.54) is 18.4 Å². The summed E-state index contributed by atoms with van der Waals surface area (Å²) >= 11 is 1.35. The molecule has 0 aliphatic carbocycles. The number of thiophene rings is 1. The smallest absolute Gasteiger partial charge is 0.261 e. The Morgan fingerprint density at radius 1 is 1.33 bits per heavy atom. The van der Waals surface area contributed by atoms with Crippen molar-refractivity contribution in [3.8, 4) is 11.5 Å². The van der Waals surface area contributed by atoms with Gasteiger partial charge < -0.3 is 19.9 Å². The highest BCUT2D eigenvalue weighted by Gasteiger charge is 2.16. The van der Waals surface area contributed by atoms with E-state index in [9.17, 15) is 9.90 Å². The van der Waals surface area contributed by atoms with Crippen LogP contribution >= 0.6 is 11.3 Å². The number of rotatable bonds is 6. The predicted octanol–water partition coefficient (Wildman–Crippen LogP) is 2.23. The number of aliphatic hydroxyl groups excluding tert-OH is 1. The summed E-state index contributed by atoms with van der Waals surface area (Å²) in [6, 6.07) is 8.71. The monoisotopic (exact) mass is 307 g/mol. The fourth-order valence-electron chi connectivity index (χ4n) is 1.89. The minimum absolute atomic E-state index is 0.0975. The molecule has 6 heteroatoms. The van der Waals surface area contributed by atoms with Crippen molar-refractivity contribution in [1.82, 2.24) is 5.32 Å². The molecule has 1 amide bonds. The highest BCUT2D eigenvalue weighted by atomic mass is 32.1. The summed E-state index contributed by atoms with van der Waals surface area (Å²) in [7, 11) is 3.08. The van der Waals surface area contributed by atoms with Crippen LogP contribution in [0.4, 0.5) is 0 Å². The molecular formula is C15H17NO4S. The van der Waals surface area contributed by atoms with Crippen molar-refractivity contribution in [3.05, 3.63) is 46.2 Å². The minimum atomic E-state index is -0.876. The number of aliphatic hydroxyl groups is 1. The second-order valence-corrected chi connectivity index (χ2v) is 5.26. The van der Waals surface area contributed by atoms with Gasteiger partial charge in [-0.2, -0.15) is 0 Å². The first-order chi connectivity index (χ1) is 10.2. The minimum Gasteiger partial charge on any atom is -0.497 e. The molecule has 0 aliphatic heterocycles. The zero-order valence-electron chi connectivity index (χ0n) is 11.8. The van der Waals surface area contributed by atoms with Crippen LogP contribution in [0, 0.1) is 0 Å². The molecule has 0 saturated heterocycles. The third-order valence-corrected chi connectivity index (χ3v) is 3.87. The summed E-state index contributed by atoms with van der Waals surface area (Å²) in [4.78, 5) is 12.5. The molecule has 1 aromatic heterocycles. The van der Waals surface area contributed by atoms with Gasteiger partial charge in [0.25, 0.3) is 5.91 Å². The summed E-state index contributed by atoms with van der Waals surface area (Å²) in [6.45, 7) is 0.0975. The molecule has 0 radical (unpaired) electrons. The fourth-order valence-corrected chi connectivity index (χ4v) is 2.53. The molecule has 112 valence electrons. The summed E-state index contributed by atoms with van der Waals surface area (Å²) in [6.07, 6.45) is -0.876. The number of ether oxygens (including phenoxy) is 2. The number of carbonyl (C=O) groups is 1. The van der Waals surface area contributed by atoms with Gasteiger partial charge in [0.05, 0.1) is 19.1 Å². The second-order valence-electron chi connectivity index (χ2n) is 4.31. The Hall–Kier alpha value is -2.05. The van der Waals surface area contributed by atoms with Gasteiger partial charge in [0.1, 0.15) is 17.6 Å². The Bertz CT molecular complexity index is 598. The molecule has 2 rings (SSSR count). The van der Waals surface area contributed by atoms with Crippen LogP contribution in [0.2, 0.25) is 0 Å². The Labute approximate surface area is 127 Å². The normalized spacial score (nSPS) is 11.8. The van der Waals surface area contributed by atoms with E-state index < -0.39 is 6.10 Å². The first-order valence-corrected chi connectivity index (χ1v) is 7.25. The zero-order valence-corrected chi connectivity index (χ0v) is 12.6. The van der Waals surface area contributed by atoms with E-state index in [-0.39, 0.29) is 12.5 Å². The van der Waals surface area contributed by atoms with Gasteiger partial charge in [-0.3, -0.25) is 4.79 Å². The molecule has 21 heavy (non-hydrogen) atoms. The largest absolute Gasteiger partial charge is 0.497 e. The Kier molecular flexibility index (Phi) is 5.19. The van der Waals surface area contributed by atoms with E-state index in [0.717, 1.165) is 0 Å². The van der Waals surface area contributed by atoms with Crippen molar-refractivity contribution in [3.63, 3.8) is 0 Å². The SMILES string of the molecule is COc1ccc(OC)c([C@@H](O)CNC(=O)c2cccs2)c1. The van der Waals surface area contributed by atoms with Crippen LogP contribution in [0.25, 0.3) is 0 Å². The first kappa shape index (κ1) is 15.3. The van der Waals surface area contributed by atoms with Crippen molar-refractivity contribution in [2.24, 2.45) is 0 Å². The number of nitrogens with one attached hydrogen (secondary N) is 1. The summed E-state index contributed by atoms with van der Waals surface area (Å²) in [5.74, 6) is 0.967. The van der Waals surface area contributed by atoms with E-state index >= 15 is 0 Å². The lowest BCUT2D eigenvalue weighted by molar-refractivity contribution is 0.0918. The third-order valence-electron chi connectivity index (χ3n) is 3.00. The number of amides is 1. The maximum Gasteiger partial charge on any atom is 0.261 e. The molecule has 0 bridgehead atoms. The van der Waals surface area contributed by atoms with Gasteiger partial charge in [0, 0.05) is 12.1 Å². The van der Waals surface area contributed by atoms with Crippen LogP contribution in [-0.4, -0.2) is 31.8 Å². The quantitative estimate of drug-likeness (QED) is 0.859. The molecule has 0 spiro atoms. The average Bonchev–Trinajstić information content (AvgIpc) is 3.06. The van der Waals surface area contributed by atoms with Gasteiger partial charge in [-0.25, -0.2) is 0 Å². The van der Waals surface area contributed by atoms with Crippen LogP contribution < -0.4 is 14.8 Å². The maximum absolute atomic E-state index is 11.9. The molecule has 0 saturated carbocycles. The lowest BCUT2D eigenvalue weighted by atomic mass is 10.1. The van der Waals surface area contributed by atoms with Gasteiger partial charge in [-0.1, -0.05) is 6.07 Å². The van der Waals surface area contributed by atoms with Gasteiger partial charge in [0.15, 0.2) is 0 Å². The maximum atomic E-state index is 11.9. The molecular weight excluding hydrogens is 290 g/mol. The predicted molar refractivity (Wildman–Crippen MR) is 81.2 cm³/mol. The topological polar surface area (TPSA) is 67.8 Å². The molecule has 1 atom stereocenters. The number of hydrogen-bond donors (Lipinski definition) is 2. The Morgan fingerprint density at radius 3 is 2.76 bits per heavy atom. The standard InChI is InChI=1S/C15H17NO4S/c1-19-10-5-6-13(20-2)11(8-10)12(17)9-16-15(18)14-4-3-7-21-14/h3-8,12,17H,9H2,1-2H3,(H,16,18)/t12-/m0/s1. The molecule has 5 nitrogen and oxygen atoms in total. The van der Waals surface area contributed by atoms with Crippen molar-refractivity contribution in [1.29, 1.82) is 0 Å².